The van der Waals surface area contributed by atoms with Crippen LogP contribution in [0.25, 0.3) is 21.9 Å². The smallest absolute Gasteiger partial charge is 0.255 e. The number of fused-ring (bicyclic) bond motifs is 2. The number of benzene rings is 2. The predicted molar refractivity (Wildman–Crippen MR) is 157 cm³/mol. The molecule has 2 aromatic carbocycles. The van der Waals surface area contributed by atoms with Crippen molar-refractivity contribution in [2.45, 2.75) is 31.7 Å². The van der Waals surface area contributed by atoms with Crippen molar-refractivity contribution >= 4 is 62.8 Å². The number of halogens is 2. The number of carbonyl (C=O) groups excluding carboxylic acids is 2. The average Bonchev–Trinajstić information content (AvgIpc) is 3.60. The van der Waals surface area contributed by atoms with E-state index in [0.29, 0.717) is 55.8 Å². The lowest BCUT2D eigenvalue weighted by molar-refractivity contribution is -0.129. The Labute approximate surface area is 241 Å². The summed E-state index contributed by atoms with van der Waals surface area (Å²) in [6, 6.07) is 8.42. The first kappa shape index (κ1) is 27.7. The molecule has 4 aromatic rings. The first-order chi connectivity index (χ1) is 19.2. The van der Waals surface area contributed by atoms with Crippen LogP contribution in [0.4, 0.5) is 5.82 Å². The number of imidazole rings is 1. The molecular weight excluding hydrogens is 551 g/mol. The molecule has 1 aliphatic heterocycles. The molecule has 1 unspecified atom stereocenters. The number of nitrogens with two attached hydrogens (primary N) is 1. The number of amides is 2. The second-order valence-electron chi connectivity index (χ2n) is 10.00. The lowest BCUT2D eigenvalue weighted by atomic mass is 10.1. The van der Waals surface area contributed by atoms with Gasteiger partial charge in [-0.25, -0.2) is 15.0 Å². The van der Waals surface area contributed by atoms with Gasteiger partial charge in [-0.1, -0.05) is 29.8 Å². The van der Waals surface area contributed by atoms with E-state index in [0.717, 1.165) is 31.4 Å². The fourth-order valence-electron chi connectivity index (χ4n) is 4.90. The molecule has 0 saturated carbocycles. The number of anilines is 1. The van der Waals surface area contributed by atoms with Crippen LogP contribution in [0.2, 0.25) is 10.0 Å². The molecule has 40 heavy (non-hydrogen) atoms. The Hall–Kier alpha value is -3.89. The molecule has 2 aromatic heterocycles. The van der Waals surface area contributed by atoms with Crippen LogP contribution >= 0.6 is 23.2 Å². The van der Waals surface area contributed by atoms with Crippen molar-refractivity contribution in [1.29, 1.82) is 0 Å². The summed E-state index contributed by atoms with van der Waals surface area (Å²) in [6.07, 6.45) is 4.03. The molecule has 1 atom stereocenters. The van der Waals surface area contributed by atoms with Gasteiger partial charge in [-0.15, -0.1) is 0 Å². The number of hydrogen-bond acceptors (Lipinski definition) is 7. The van der Waals surface area contributed by atoms with Gasteiger partial charge in [-0.2, -0.15) is 0 Å². The van der Waals surface area contributed by atoms with Gasteiger partial charge in [0.05, 0.1) is 39.7 Å². The van der Waals surface area contributed by atoms with Crippen LogP contribution in [-0.2, 0) is 4.79 Å². The van der Waals surface area contributed by atoms with E-state index in [1.165, 1.54) is 11.2 Å². The fourth-order valence-corrected chi connectivity index (χ4v) is 5.31. The highest BCUT2D eigenvalue weighted by Gasteiger charge is 2.24. The Balaban J connectivity index is 1.46. The van der Waals surface area contributed by atoms with Gasteiger partial charge in [0.25, 0.3) is 5.91 Å². The van der Waals surface area contributed by atoms with Crippen LogP contribution in [0.15, 0.2) is 48.9 Å². The highest BCUT2D eigenvalue weighted by atomic mass is 35.5. The fraction of sp³-hybridized carbons (Fsp3) is 0.321. The van der Waals surface area contributed by atoms with Gasteiger partial charge in [-0.05, 0) is 49.6 Å². The standard InChI is InChI=1S/C28H30Cl2N8O2/c1-16(31)14-37(2)25(39)8-7-22(27-34-21-6-5-17(29)11-24(21)36-27)35-26-19-12-20(30)18(13-23(19)32-15-33-26)28(40)38-9-3-4-10-38/h5-6,11-13,15,22H,1,3-4,7-10,14,31H2,2H3,(H,34,36)(H,32,33,35). The number of aromatic amines is 1. The maximum Gasteiger partial charge on any atom is 0.255 e. The molecule has 2 amide bonds. The van der Waals surface area contributed by atoms with E-state index in [1.54, 1.807) is 31.3 Å². The zero-order valence-corrected chi connectivity index (χ0v) is 23.6. The van der Waals surface area contributed by atoms with Crippen molar-refractivity contribution in [3.63, 3.8) is 0 Å². The van der Waals surface area contributed by atoms with Crippen molar-refractivity contribution in [2.75, 3.05) is 32.0 Å². The molecule has 0 bridgehead atoms. The second kappa shape index (κ2) is 11.7. The third kappa shape index (κ3) is 5.97. The van der Waals surface area contributed by atoms with Gasteiger partial charge in [0.15, 0.2) is 0 Å². The van der Waals surface area contributed by atoms with Crippen molar-refractivity contribution in [3.05, 3.63) is 70.4 Å². The van der Waals surface area contributed by atoms with Crippen LogP contribution in [-0.4, -0.2) is 68.2 Å². The highest BCUT2D eigenvalue weighted by Crippen LogP contribution is 2.32. The molecule has 4 N–H and O–H groups in total. The zero-order valence-electron chi connectivity index (χ0n) is 22.1. The summed E-state index contributed by atoms with van der Waals surface area (Å²) in [5.74, 6) is 0.943. The number of carbonyl (C=O) groups is 2. The predicted octanol–water partition coefficient (Wildman–Crippen LogP) is 4.91. The summed E-state index contributed by atoms with van der Waals surface area (Å²) >= 11 is 12.8. The summed E-state index contributed by atoms with van der Waals surface area (Å²) in [5.41, 5.74) is 8.62. The van der Waals surface area contributed by atoms with E-state index >= 15 is 0 Å². The Morgan fingerprint density at radius 2 is 1.95 bits per heavy atom. The lowest BCUT2D eigenvalue weighted by Crippen LogP contribution is -2.30. The van der Waals surface area contributed by atoms with Crippen molar-refractivity contribution in [3.8, 4) is 0 Å². The van der Waals surface area contributed by atoms with Crippen LogP contribution < -0.4 is 11.1 Å². The molecule has 3 heterocycles. The molecule has 0 aliphatic carbocycles. The van der Waals surface area contributed by atoms with Crippen molar-refractivity contribution < 1.29 is 9.59 Å². The Morgan fingerprint density at radius 3 is 2.70 bits per heavy atom. The van der Waals surface area contributed by atoms with E-state index in [1.807, 2.05) is 11.0 Å². The number of hydrogen-bond donors (Lipinski definition) is 3. The third-order valence-corrected chi connectivity index (χ3v) is 7.51. The minimum absolute atomic E-state index is 0.0850. The quantitative estimate of drug-likeness (QED) is 0.256. The summed E-state index contributed by atoms with van der Waals surface area (Å²) in [5, 5.41) is 4.99. The molecule has 10 nitrogen and oxygen atoms in total. The van der Waals surface area contributed by atoms with Gasteiger partial charge >= 0.3 is 0 Å². The highest BCUT2D eigenvalue weighted by molar-refractivity contribution is 6.35. The number of likely N-dealkylation sites (tertiary alicyclic amines) is 1. The molecule has 0 radical (unpaired) electrons. The number of rotatable bonds is 9. The van der Waals surface area contributed by atoms with Gasteiger partial charge in [0, 0.05) is 42.7 Å². The van der Waals surface area contributed by atoms with E-state index < -0.39 is 6.04 Å². The SMILES string of the molecule is C=C(N)CN(C)C(=O)CCC(Nc1ncnc2cc(C(=O)N3CCCC3)c(Cl)cc12)c1nc2cc(Cl)ccc2[nH]1. The molecule has 208 valence electrons. The first-order valence-electron chi connectivity index (χ1n) is 13.0. The van der Waals surface area contributed by atoms with E-state index in [4.69, 9.17) is 33.9 Å². The van der Waals surface area contributed by atoms with Crippen LogP contribution in [0, 0.1) is 0 Å². The van der Waals surface area contributed by atoms with Crippen LogP contribution in [0.3, 0.4) is 0 Å². The Kier molecular flexibility index (Phi) is 8.09. The molecule has 12 heteroatoms. The first-order valence-corrected chi connectivity index (χ1v) is 13.8. The number of nitrogens with one attached hydrogen (secondary N) is 2. The normalized spacial score (nSPS) is 14.0. The van der Waals surface area contributed by atoms with E-state index in [9.17, 15) is 9.59 Å². The van der Waals surface area contributed by atoms with Gasteiger partial charge < -0.3 is 25.8 Å². The van der Waals surface area contributed by atoms with Crippen molar-refractivity contribution in [1.82, 2.24) is 29.7 Å². The average molecular weight is 582 g/mol. The third-order valence-electron chi connectivity index (χ3n) is 6.97. The second-order valence-corrected chi connectivity index (χ2v) is 10.8. The molecule has 0 spiro atoms. The largest absolute Gasteiger partial charge is 0.401 e. The molecule has 1 saturated heterocycles. The summed E-state index contributed by atoms with van der Waals surface area (Å²) in [7, 11) is 1.69. The Bertz CT molecular complexity index is 1600. The van der Waals surface area contributed by atoms with Gasteiger partial charge in [-0.3, -0.25) is 9.59 Å². The summed E-state index contributed by atoms with van der Waals surface area (Å²) in [4.78, 5) is 46.2. The molecular formula is C28H30Cl2N8O2. The minimum atomic E-state index is -0.424. The van der Waals surface area contributed by atoms with Crippen molar-refractivity contribution in [2.24, 2.45) is 5.73 Å². The summed E-state index contributed by atoms with van der Waals surface area (Å²) in [6.45, 7) is 5.40. The molecule has 1 fully saturated rings. The monoisotopic (exact) mass is 580 g/mol. The zero-order chi connectivity index (χ0) is 28.4. The van der Waals surface area contributed by atoms with E-state index in [2.05, 4.69) is 26.8 Å². The Morgan fingerprint density at radius 1 is 1.18 bits per heavy atom. The maximum absolute atomic E-state index is 13.1. The number of aromatic nitrogens is 4. The number of H-pyrrole nitrogens is 1. The topological polar surface area (TPSA) is 133 Å². The summed E-state index contributed by atoms with van der Waals surface area (Å²) < 4.78 is 0. The minimum Gasteiger partial charge on any atom is -0.401 e. The van der Waals surface area contributed by atoms with Crippen LogP contribution in [0.5, 0.6) is 0 Å². The van der Waals surface area contributed by atoms with Gasteiger partial charge in [0.1, 0.15) is 18.0 Å². The maximum atomic E-state index is 13.1. The molecule has 1 aliphatic rings. The number of nitrogens with zero attached hydrogens (tertiary/aromatic N) is 5. The number of likely N-dealkylation sites (N-methyl/N-ethyl adjacent to an activating group) is 1. The van der Waals surface area contributed by atoms with Gasteiger partial charge in [0.2, 0.25) is 5.91 Å². The van der Waals surface area contributed by atoms with E-state index in [-0.39, 0.29) is 24.8 Å². The lowest BCUT2D eigenvalue weighted by Gasteiger charge is -2.21. The molecule has 5 rings (SSSR count). The van der Waals surface area contributed by atoms with Crippen LogP contribution in [0.1, 0.15) is 47.9 Å².